The van der Waals surface area contributed by atoms with E-state index in [1.54, 1.807) is 20.1 Å². The van der Waals surface area contributed by atoms with Crippen molar-refractivity contribution in [2.24, 2.45) is 0 Å². The van der Waals surface area contributed by atoms with Crippen molar-refractivity contribution < 1.29 is 18.3 Å². The number of halogens is 3. The number of amides is 1. The van der Waals surface area contributed by atoms with E-state index in [0.717, 1.165) is 66.5 Å². The minimum Gasteiger partial charge on any atom is -0.383 e. The first-order valence-corrected chi connectivity index (χ1v) is 17.7. The summed E-state index contributed by atoms with van der Waals surface area (Å²) in [5, 5.41) is 9.19. The van der Waals surface area contributed by atoms with Gasteiger partial charge in [-0.15, -0.1) is 0 Å². The fourth-order valence-electron chi connectivity index (χ4n) is 6.76. The Hall–Kier alpha value is -4.11. The van der Waals surface area contributed by atoms with Crippen LogP contribution in [0.15, 0.2) is 91.0 Å². The van der Waals surface area contributed by atoms with Crippen LogP contribution >= 0.6 is 11.6 Å². The number of rotatable bonds is 15. The molecule has 0 saturated carbocycles. The second-order valence-corrected chi connectivity index (χ2v) is 13.6. The molecule has 0 spiro atoms. The lowest BCUT2D eigenvalue weighted by molar-refractivity contribution is -0.134. The van der Waals surface area contributed by atoms with Crippen LogP contribution in [0.3, 0.4) is 0 Å². The molecule has 264 valence electrons. The fraction of sp³-hybridized carbons (Fsp3) is 0.366. The van der Waals surface area contributed by atoms with Crippen molar-refractivity contribution in [3.8, 4) is 11.1 Å². The third kappa shape index (κ3) is 9.56. The highest BCUT2D eigenvalue weighted by atomic mass is 35.5. The van der Waals surface area contributed by atoms with E-state index in [-0.39, 0.29) is 24.5 Å². The van der Waals surface area contributed by atoms with Gasteiger partial charge in [0.25, 0.3) is 0 Å². The van der Waals surface area contributed by atoms with Crippen molar-refractivity contribution >= 4 is 28.9 Å². The molecule has 4 aromatic rings. The minimum absolute atomic E-state index is 0.0108. The molecule has 1 amide bonds. The minimum atomic E-state index is -0.864. The van der Waals surface area contributed by atoms with Gasteiger partial charge in [0.05, 0.1) is 13.2 Å². The molecule has 5 rings (SSSR count). The van der Waals surface area contributed by atoms with Gasteiger partial charge in [0.15, 0.2) is 11.6 Å². The lowest BCUT2D eigenvalue weighted by atomic mass is 9.99. The average Bonchev–Trinajstić information content (AvgIpc) is 3.13. The summed E-state index contributed by atoms with van der Waals surface area (Å²) in [6.07, 6.45) is 2.50. The van der Waals surface area contributed by atoms with Gasteiger partial charge in [-0.1, -0.05) is 78.3 Å². The van der Waals surface area contributed by atoms with E-state index in [1.807, 2.05) is 65.3 Å². The van der Waals surface area contributed by atoms with Crippen molar-refractivity contribution in [1.29, 1.82) is 5.41 Å². The fourth-order valence-corrected chi connectivity index (χ4v) is 6.88. The number of hydrogen-bond donors (Lipinski definition) is 1. The molecule has 1 aliphatic heterocycles. The number of carbonyl (C=O) groups excluding carboxylic acids is 1. The highest BCUT2D eigenvalue weighted by molar-refractivity contribution is 6.30. The SMILES string of the molecule is COCCN1CCC(N(Cc2ccc(-c3ccc(Cl)cc3)cc2)C(=O)CN(c2ccccc2C(C)=N)C(C)CCc2cccc(F)c2F)CC1. The van der Waals surface area contributed by atoms with Crippen molar-refractivity contribution in [3.63, 3.8) is 0 Å². The third-order valence-corrected chi connectivity index (χ3v) is 9.98. The highest BCUT2D eigenvalue weighted by Crippen LogP contribution is 2.28. The van der Waals surface area contributed by atoms with Gasteiger partial charge in [0.2, 0.25) is 5.91 Å². The van der Waals surface area contributed by atoms with Crippen molar-refractivity contribution in [3.05, 3.63) is 124 Å². The van der Waals surface area contributed by atoms with Gasteiger partial charge in [-0.25, -0.2) is 8.78 Å². The number of piperidine rings is 1. The first kappa shape index (κ1) is 37.2. The summed E-state index contributed by atoms with van der Waals surface area (Å²) in [7, 11) is 1.71. The normalized spacial score (nSPS) is 14.4. The summed E-state index contributed by atoms with van der Waals surface area (Å²) in [6.45, 7) is 7.59. The Morgan fingerprint density at radius 2 is 1.62 bits per heavy atom. The molecule has 6 nitrogen and oxygen atoms in total. The summed E-state index contributed by atoms with van der Waals surface area (Å²) >= 11 is 6.11. The van der Waals surface area contributed by atoms with Gasteiger partial charge in [0, 0.05) is 67.4 Å². The van der Waals surface area contributed by atoms with Gasteiger partial charge in [-0.05, 0) is 86.1 Å². The Morgan fingerprint density at radius 3 is 2.28 bits per heavy atom. The third-order valence-electron chi connectivity index (χ3n) is 9.73. The summed E-state index contributed by atoms with van der Waals surface area (Å²) < 4.78 is 33.9. The van der Waals surface area contributed by atoms with Crippen LogP contribution < -0.4 is 4.90 Å². The van der Waals surface area contributed by atoms with Crippen LogP contribution in [-0.2, 0) is 22.5 Å². The predicted molar refractivity (Wildman–Crippen MR) is 199 cm³/mol. The number of anilines is 1. The number of carbonyl (C=O) groups is 1. The lowest BCUT2D eigenvalue weighted by Gasteiger charge is -2.40. The molecule has 1 unspecified atom stereocenters. The number of nitrogens with zero attached hydrogens (tertiary/aromatic N) is 3. The van der Waals surface area contributed by atoms with Crippen LogP contribution in [0.4, 0.5) is 14.5 Å². The Kier molecular flexibility index (Phi) is 13.2. The lowest BCUT2D eigenvalue weighted by Crippen LogP contribution is -2.51. The van der Waals surface area contributed by atoms with Gasteiger partial charge in [-0.3, -0.25) is 4.79 Å². The summed E-state index contributed by atoms with van der Waals surface area (Å²) in [5.41, 5.74) is 5.39. The number of nitrogens with one attached hydrogen (secondary N) is 1. The molecule has 1 aliphatic rings. The van der Waals surface area contributed by atoms with Crippen LogP contribution in [-0.4, -0.2) is 73.4 Å². The van der Waals surface area contributed by atoms with Crippen LogP contribution in [0.2, 0.25) is 5.02 Å². The molecule has 50 heavy (non-hydrogen) atoms. The molecular weight excluding hydrogens is 654 g/mol. The summed E-state index contributed by atoms with van der Waals surface area (Å²) in [4.78, 5) is 21.1. The van der Waals surface area contributed by atoms with E-state index in [0.29, 0.717) is 42.3 Å². The Morgan fingerprint density at radius 1 is 0.960 bits per heavy atom. The van der Waals surface area contributed by atoms with Crippen LogP contribution in [0, 0.1) is 17.0 Å². The zero-order chi connectivity index (χ0) is 35.6. The molecule has 1 fully saturated rings. The molecule has 1 atom stereocenters. The predicted octanol–water partition coefficient (Wildman–Crippen LogP) is 8.64. The zero-order valence-corrected chi connectivity index (χ0v) is 29.9. The molecule has 0 aliphatic carbocycles. The Bertz CT molecular complexity index is 1730. The molecule has 1 heterocycles. The van der Waals surface area contributed by atoms with Gasteiger partial charge < -0.3 is 24.8 Å². The number of aryl methyl sites for hydroxylation is 1. The first-order chi connectivity index (χ1) is 24.1. The van der Waals surface area contributed by atoms with E-state index in [4.69, 9.17) is 21.7 Å². The molecule has 0 radical (unpaired) electrons. The molecule has 0 bridgehead atoms. The second kappa shape index (κ2) is 17.7. The van der Waals surface area contributed by atoms with E-state index >= 15 is 0 Å². The van der Waals surface area contributed by atoms with Crippen LogP contribution in [0.25, 0.3) is 11.1 Å². The molecule has 4 aromatic carbocycles. The average molecular weight is 701 g/mol. The monoisotopic (exact) mass is 700 g/mol. The quantitative estimate of drug-likeness (QED) is 0.126. The smallest absolute Gasteiger partial charge is 0.242 e. The highest BCUT2D eigenvalue weighted by Gasteiger charge is 2.31. The maximum atomic E-state index is 14.6. The van der Waals surface area contributed by atoms with E-state index in [2.05, 4.69) is 29.2 Å². The maximum Gasteiger partial charge on any atom is 0.242 e. The van der Waals surface area contributed by atoms with Gasteiger partial charge >= 0.3 is 0 Å². The summed E-state index contributed by atoms with van der Waals surface area (Å²) in [5.74, 6) is -1.71. The van der Waals surface area contributed by atoms with Crippen molar-refractivity contribution in [2.45, 2.75) is 58.2 Å². The number of hydrogen-bond acceptors (Lipinski definition) is 5. The van der Waals surface area contributed by atoms with Gasteiger partial charge in [0.1, 0.15) is 0 Å². The molecule has 0 aromatic heterocycles. The van der Waals surface area contributed by atoms with Crippen molar-refractivity contribution in [2.75, 3.05) is 44.8 Å². The van der Waals surface area contributed by atoms with Crippen LogP contribution in [0.1, 0.15) is 49.8 Å². The molecule has 1 saturated heterocycles. The molecule has 1 N–H and O–H groups in total. The molecule has 9 heteroatoms. The van der Waals surface area contributed by atoms with E-state index in [1.165, 1.54) is 6.07 Å². The standard InChI is InChI=1S/C41H47ClF2N4O2/c1-29(11-14-34-7-6-9-38(43)41(34)44)47(39-10-5-4-8-37(39)30(2)45)28-40(49)48(36-21-23-46(24-22-36)25-26-50-3)27-31-12-15-32(16-13-31)33-17-19-35(42)20-18-33/h4-10,12-13,15-20,29,36,45H,11,14,21-28H2,1-3H3. The van der Waals surface area contributed by atoms with Crippen LogP contribution in [0.5, 0.6) is 0 Å². The number of para-hydroxylation sites is 1. The van der Waals surface area contributed by atoms with E-state index < -0.39 is 11.6 Å². The molecular formula is C41H47ClF2N4O2. The Balaban J connectivity index is 1.41. The van der Waals surface area contributed by atoms with Gasteiger partial charge in [-0.2, -0.15) is 0 Å². The Labute approximate surface area is 300 Å². The number of likely N-dealkylation sites (tertiary alicyclic amines) is 1. The summed E-state index contributed by atoms with van der Waals surface area (Å²) in [6, 6.07) is 27.8. The zero-order valence-electron chi connectivity index (χ0n) is 29.2. The van der Waals surface area contributed by atoms with E-state index in [9.17, 15) is 13.6 Å². The number of benzene rings is 4. The maximum absolute atomic E-state index is 14.6. The first-order valence-electron chi connectivity index (χ1n) is 17.3. The number of methoxy groups -OCH3 is 1. The topological polar surface area (TPSA) is 59.9 Å². The second-order valence-electron chi connectivity index (χ2n) is 13.2. The van der Waals surface area contributed by atoms with Crippen molar-refractivity contribution in [1.82, 2.24) is 9.80 Å². The largest absolute Gasteiger partial charge is 0.383 e. The number of ether oxygens (including phenoxy) is 1.